The van der Waals surface area contributed by atoms with Crippen molar-refractivity contribution in [1.82, 2.24) is 14.9 Å². The molecule has 3 aliphatic heterocycles. The lowest BCUT2D eigenvalue weighted by Gasteiger charge is -2.62. The van der Waals surface area contributed by atoms with E-state index in [0.717, 1.165) is 5.56 Å². The Hall–Kier alpha value is -1.90. The minimum absolute atomic E-state index is 0.131. The van der Waals surface area contributed by atoms with Crippen LogP contribution in [0.5, 0.6) is 0 Å². The smallest absolute Gasteiger partial charge is 0.248 e. The van der Waals surface area contributed by atoms with Crippen LogP contribution in [0.15, 0.2) is 30.3 Å². The van der Waals surface area contributed by atoms with Gasteiger partial charge in [-0.1, -0.05) is 30.3 Å². The Kier molecular flexibility index (Phi) is 4.54. The van der Waals surface area contributed by atoms with Gasteiger partial charge >= 0.3 is 0 Å². The number of nitrogens with zero attached hydrogens (tertiary/aromatic N) is 3. The molecule has 1 aromatic rings. The molecule has 1 spiro atoms. The molecule has 6 nitrogen and oxygen atoms in total. The van der Waals surface area contributed by atoms with Crippen LogP contribution in [0, 0.1) is 5.41 Å². The van der Waals surface area contributed by atoms with Crippen molar-refractivity contribution in [2.24, 2.45) is 5.41 Å². The molecule has 4 aliphatic rings. The molecule has 5 atom stereocenters. The van der Waals surface area contributed by atoms with Crippen LogP contribution in [0.3, 0.4) is 0 Å². The molecule has 1 saturated carbocycles. The quantitative estimate of drug-likeness (QED) is 0.757. The summed E-state index contributed by atoms with van der Waals surface area (Å²) in [5, 5.41) is 14.4. The van der Waals surface area contributed by atoms with Gasteiger partial charge in [-0.3, -0.25) is 9.59 Å². The number of fused-ring (bicyclic) bond motifs is 3. The molecule has 5 rings (SSSR count). The van der Waals surface area contributed by atoms with Crippen molar-refractivity contribution >= 4 is 11.7 Å². The van der Waals surface area contributed by atoms with Crippen molar-refractivity contribution in [3.05, 3.63) is 35.9 Å². The van der Waals surface area contributed by atoms with Gasteiger partial charge in [-0.2, -0.15) is 0 Å². The lowest BCUT2D eigenvalue weighted by atomic mass is 9.68. The normalized spacial score (nSPS) is 39.3. The number of carbonyl (C=O) groups excluding carboxylic acids is 2. The van der Waals surface area contributed by atoms with Crippen molar-refractivity contribution in [3.63, 3.8) is 0 Å². The molecular formula is C22H27F2N3O3. The summed E-state index contributed by atoms with van der Waals surface area (Å²) < 4.78 is 29.0. The first-order chi connectivity index (χ1) is 14.2. The predicted molar refractivity (Wildman–Crippen MR) is 104 cm³/mol. The van der Waals surface area contributed by atoms with Gasteiger partial charge in [0.25, 0.3) is 0 Å². The van der Waals surface area contributed by atoms with E-state index in [9.17, 15) is 23.5 Å². The van der Waals surface area contributed by atoms with Gasteiger partial charge in [-0.05, 0) is 30.2 Å². The van der Waals surface area contributed by atoms with Crippen LogP contribution < -0.4 is 0 Å². The predicted octanol–water partition coefficient (Wildman–Crippen LogP) is 2.35. The first kappa shape index (κ1) is 20.0. The molecule has 0 bridgehead atoms. The summed E-state index contributed by atoms with van der Waals surface area (Å²) in [7, 11) is 1.69. The number of carbonyl (C=O) groups is 2. The Morgan fingerprint density at radius 1 is 1.10 bits per heavy atom. The number of Topliss-reactive ketones (excluding diaryl/α,β-unsaturated/α-hetero) is 1. The van der Waals surface area contributed by atoms with Crippen LogP contribution in [0.2, 0.25) is 0 Å². The average molecular weight is 419 g/mol. The third kappa shape index (κ3) is 2.84. The summed E-state index contributed by atoms with van der Waals surface area (Å²) in [5.41, 5.74) is 0.326. The molecule has 1 amide bonds. The third-order valence-electron chi connectivity index (χ3n) is 7.65. The van der Waals surface area contributed by atoms with Gasteiger partial charge in [0.1, 0.15) is 12.1 Å². The minimum Gasteiger partial charge on any atom is -0.383 e. The second-order valence-electron chi connectivity index (χ2n) is 9.33. The Balaban J connectivity index is 1.64. The molecule has 8 heteroatoms. The van der Waals surface area contributed by atoms with Crippen LogP contribution in [0.25, 0.3) is 0 Å². The Morgan fingerprint density at radius 2 is 1.83 bits per heavy atom. The number of amides is 1. The van der Waals surface area contributed by atoms with Gasteiger partial charge in [0.2, 0.25) is 11.8 Å². The van der Waals surface area contributed by atoms with Crippen molar-refractivity contribution in [3.8, 4) is 0 Å². The summed E-state index contributed by atoms with van der Waals surface area (Å²) in [4.78, 5) is 26.8. The molecule has 162 valence electrons. The second-order valence-corrected chi connectivity index (χ2v) is 9.33. The number of aliphatic hydroxyl groups is 1. The molecule has 30 heavy (non-hydrogen) atoms. The molecule has 3 saturated heterocycles. The summed E-state index contributed by atoms with van der Waals surface area (Å²) in [6.07, 6.45) is -0.221. The number of likely N-dealkylation sites (N-methyl/N-ethyl adjacent to an activating group) is 1. The lowest BCUT2D eigenvalue weighted by molar-refractivity contribution is -0.255. The van der Waals surface area contributed by atoms with Gasteiger partial charge in [0.15, 0.2) is 5.78 Å². The number of hydrogen-bond donors (Lipinski definition) is 1. The fourth-order valence-corrected chi connectivity index (χ4v) is 6.27. The number of hydrazine groups is 1. The van der Waals surface area contributed by atoms with Crippen molar-refractivity contribution in [2.75, 3.05) is 13.6 Å². The maximum Gasteiger partial charge on any atom is 0.248 e. The fourth-order valence-electron chi connectivity index (χ4n) is 6.27. The Morgan fingerprint density at radius 3 is 2.50 bits per heavy atom. The Labute approximate surface area is 174 Å². The van der Waals surface area contributed by atoms with Crippen molar-refractivity contribution in [2.45, 2.75) is 68.8 Å². The summed E-state index contributed by atoms with van der Waals surface area (Å²) in [5.74, 6) is -3.32. The highest BCUT2D eigenvalue weighted by atomic mass is 19.3. The van der Waals surface area contributed by atoms with Gasteiger partial charge in [-0.25, -0.2) is 18.8 Å². The van der Waals surface area contributed by atoms with E-state index >= 15 is 0 Å². The zero-order valence-corrected chi connectivity index (χ0v) is 17.0. The van der Waals surface area contributed by atoms with Crippen LogP contribution in [0.4, 0.5) is 8.78 Å². The van der Waals surface area contributed by atoms with E-state index in [1.165, 1.54) is 0 Å². The highest BCUT2D eigenvalue weighted by molar-refractivity contribution is 5.94. The topological polar surface area (TPSA) is 64.1 Å². The maximum absolute atomic E-state index is 14.5. The summed E-state index contributed by atoms with van der Waals surface area (Å²) in [6, 6.07) is 8.30. The van der Waals surface area contributed by atoms with Crippen LogP contribution in [-0.4, -0.2) is 69.5 Å². The van der Waals surface area contributed by atoms with Gasteiger partial charge in [0, 0.05) is 32.9 Å². The molecule has 1 aliphatic carbocycles. The van der Waals surface area contributed by atoms with Crippen molar-refractivity contribution < 1.29 is 23.5 Å². The number of piperidine rings is 2. The highest BCUT2D eigenvalue weighted by Gasteiger charge is 2.62. The largest absolute Gasteiger partial charge is 0.383 e. The number of ketones is 1. The van der Waals surface area contributed by atoms with E-state index in [4.69, 9.17) is 0 Å². The molecule has 0 radical (unpaired) electrons. The van der Waals surface area contributed by atoms with Crippen LogP contribution >= 0.6 is 0 Å². The van der Waals surface area contributed by atoms with E-state index in [1.807, 2.05) is 35.3 Å². The van der Waals surface area contributed by atoms with E-state index in [-0.39, 0.29) is 43.2 Å². The molecule has 5 unspecified atom stereocenters. The molecule has 0 aromatic heterocycles. The zero-order chi connectivity index (χ0) is 21.3. The van der Waals surface area contributed by atoms with E-state index in [0.29, 0.717) is 25.8 Å². The maximum atomic E-state index is 14.5. The number of rotatable bonds is 1. The van der Waals surface area contributed by atoms with Gasteiger partial charge < -0.3 is 10.0 Å². The minimum atomic E-state index is -2.70. The summed E-state index contributed by atoms with van der Waals surface area (Å²) in [6.45, 7) is 0.312. The molecule has 1 N–H and O–H groups in total. The first-order valence-electron chi connectivity index (χ1n) is 10.7. The van der Waals surface area contributed by atoms with E-state index < -0.39 is 23.5 Å². The average Bonchev–Trinajstić information content (AvgIpc) is 3.03. The number of halogens is 2. The third-order valence-corrected chi connectivity index (χ3v) is 7.65. The monoisotopic (exact) mass is 419 g/mol. The number of hydrogen-bond acceptors (Lipinski definition) is 5. The second kappa shape index (κ2) is 6.80. The highest BCUT2D eigenvalue weighted by Crippen LogP contribution is 2.61. The van der Waals surface area contributed by atoms with Gasteiger partial charge in [0.05, 0.1) is 12.2 Å². The van der Waals surface area contributed by atoms with E-state index in [1.54, 1.807) is 11.9 Å². The SMILES string of the molecule is CN1C(=O)C2C(O)C(=O)CCN2N2C1CCC1(CCC(F)(F)C1)C2c1ccccc1. The van der Waals surface area contributed by atoms with Crippen molar-refractivity contribution in [1.29, 1.82) is 0 Å². The summed E-state index contributed by atoms with van der Waals surface area (Å²) >= 11 is 0. The first-order valence-corrected chi connectivity index (χ1v) is 10.7. The number of benzene rings is 1. The Bertz CT molecular complexity index is 866. The fraction of sp³-hybridized carbons (Fsp3) is 0.636. The lowest BCUT2D eigenvalue weighted by Crippen LogP contribution is -2.76. The van der Waals surface area contributed by atoms with Gasteiger partial charge in [-0.15, -0.1) is 0 Å². The van der Waals surface area contributed by atoms with Crippen LogP contribution in [0.1, 0.15) is 50.1 Å². The molecule has 3 heterocycles. The molecule has 1 aromatic carbocycles. The number of aliphatic hydroxyl groups excluding tert-OH is 1. The van der Waals surface area contributed by atoms with Crippen LogP contribution in [-0.2, 0) is 9.59 Å². The zero-order valence-electron chi connectivity index (χ0n) is 17.0. The molecule has 4 fully saturated rings. The number of alkyl halides is 2. The molecular weight excluding hydrogens is 392 g/mol. The van der Waals surface area contributed by atoms with E-state index in [2.05, 4.69) is 5.01 Å². The standard InChI is InChI=1S/C22H27F2N3O3/c1-25-16-7-9-21(10-11-22(23,24)13-21)19(14-5-3-2-4-6-14)27(16)26-12-8-15(28)18(29)17(26)20(25)30/h2-6,16-19,29H,7-13H2,1H3.